The van der Waals surface area contributed by atoms with E-state index in [4.69, 9.17) is 9.73 Å². The Morgan fingerprint density at radius 1 is 1.31 bits per heavy atom. The zero-order chi connectivity index (χ0) is 18.2. The zero-order valence-corrected chi connectivity index (χ0v) is 16.9. The maximum Gasteiger partial charge on any atom is 0.191 e. The summed E-state index contributed by atoms with van der Waals surface area (Å²) < 4.78 is 5.56. The van der Waals surface area contributed by atoms with Gasteiger partial charge in [0.25, 0.3) is 0 Å². The van der Waals surface area contributed by atoms with Gasteiger partial charge in [0.15, 0.2) is 5.96 Å². The van der Waals surface area contributed by atoms with Gasteiger partial charge in [-0.1, -0.05) is 29.8 Å². The Labute approximate surface area is 162 Å². The van der Waals surface area contributed by atoms with Gasteiger partial charge in [0, 0.05) is 37.5 Å². The van der Waals surface area contributed by atoms with Gasteiger partial charge in [0.1, 0.15) is 0 Å². The highest BCUT2D eigenvalue weighted by Gasteiger charge is 2.40. The van der Waals surface area contributed by atoms with Crippen LogP contribution in [-0.4, -0.2) is 67.3 Å². The van der Waals surface area contributed by atoms with Crippen LogP contribution in [0.25, 0.3) is 0 Å². The third-order valence-corrected chi connectivity index (χ3v) is 6.43. The molecule has 0 amide bonds. The van der Waals surface area contributed by atoms with Crippen molar-refractivity contribution in [1.29, 1.82) is 0 Å². The lowest BCUT2D eigenvalue weighted by Gasteiger charge is -2.43. The summed E-state index contributed by atoms with van der Waals surface area (Å²) >= 11 is 2.07. The second kappa shape index (κ2) is 9.62. The van der Waals surface area contributed by atoms with E-state index in [1.54, 1.807) is 0 Å². The van der Waals surface area contributed by atoms with Crippen LogP contribution in [0.4, 0.5) is 0 Å². The molecule has 2 fully saturated rings. The van der Waals surface area contributed by atoms with E-state index >= 15 is 0 Å². The number of aliphatic imine (C=N–C) groups is 1. The van der Waals surface area contributed by atoms with E-state index in [1.807, 2.05) is 0 Å². The van der Waals surface area contributed by atoms with Gasteiger partial charge in [-0.15, -0.1) is 0 Å². The molecule has 1 aromatic carbocycles. The highest BCUT2D eigenvalue weighted by Crippen LogP contribution is 2.33. The van der Waals surface area contributed by atoms with Crippen LogP contribution in [0.15, 0.2) is 29.3 Å². The molecule has 144 valence electrons. The molecule has 0 aromatic heterocycles. The van der Waals surface area contributed by atoms with Gasteiger partial charge in [0.05, 0.1) is 19.8 Å². The predicted molar refractivity (Wildman–Crippen MR) is 111 cm³/mol. The monoisotopic (exact) mass is 376 g/mol. The van der Waals surface area contributed by atoms with Gasteiger partial charge in [0.2, 0.25) is 0 Å². The molecule has 5 nitrogen and oxygen atoms in total. The second-order valence-electron chi connectivity index (χ2n) is 7.16. The molecule has 0 spiro atoms. The summed E-state index contributed by atoms with van der Waals surface area (Å²) in [5.74, 6) is 3.35. The molecule has 6 heteroatoms. The highest BCUT2D eigenvalue weighted by atomic mass is 32.2. The van der Waals surface area contributed by atoms with Crippen LogP contribution in [0.2, 0.25) is 0 Å². The molecular formula is C20H32N4OS. The van der Waals surface area contributed by atoms with Gasteiger partial charge < -0.3 is 15.4 Å². The lowest BCUT2D eigenvalue weighted by Crippen LogP contribution is -2.60. The number of ether oxygens (including phenoxy) is 1. The molecule has 2 aliphatic heterocycles. The summed E-state index contributed by atoms with van der Waals surface area (Å²) in [4.78, 5) is 7.44. The van der Waals surface area contributed by atoms with E-state index in [-0.39, 0.29) is 5.54 Å². The summed E-state index contributed by atoms with van der Waals surface area (Å²) in [5.41, 5.74) is 2.76. The lowest BCUT2D eigenvalue weighted by molar-refractivity contribution is -0.0120. The average Bonchev–Trinajstić information content (AvgIpc) is 3.15. The van der Waals surface area contributed by atoms with Gasteiger partial charge in [-0.05, 0) is 31.6 Å². The van der Waals surface area contributed by atoms with Crippen molar-refractivity contribution in [2.45, 2.75) is 32.4 Å². The Morgan fingerprint density at radius 2 is 2.15 bits per heavy atom. The van der Waals surface area contributed by atoms with E-state index in [1.165, 1.54) is 29.1 Å². The highest BCUT2D eigenvalue weighted by molar-refractivity contribution is 7.99. The number of benzene rings is 1. The van der Waals surface area contributed by atoms with Gasteiger partial charge in [-0.25, -0.2) is 4.99 Å². The van der Waals surface area contributed by atoms with E-state index in [0.717, 1.165) is 45.4 Å². The van der Waals surface area contributed by atoms with Gasteiger partial charge >= 0.3 is 0 Å². The van der Waals surface area contributed by atoms with Crippen LogP contribution in [0.5, 0.6) is 0 Å². The lowest BCUT2D eigenvalue weighted by atomic mass is 9.95. The van der Waals surface area contributed by atoms with Crippen molar-refractivity contribution in [3.05, 3.63) is 35.4 Å². The number of hydrogen-bond acceptors (Lipinski definition) is 4. The Morgan fingerprint density at radius 3 is 2.85 bits per heavy atom. The van der Waals surface area contributed by atoms with Crippen molar-refractivity contribution in [3.8, 4) is 0 Å². The molecule has 2 heterocycles. The molecule has 2 saturated heterocycles. The number of nitrogens with zero attached hydrogens (tertiary/aromatic N) is 2. The predicted octanol–water partition coefficient (Wildman–Crippen LogP) is 2.26. The van der Waals surface area contributed by atoms with Crippen molar-refractivity contribution < 1.29 is 4.74 Å². The molecule has 0 radical (unpaired) electrons. The first-order chi connectivity index (χ1) is 12.7. The van der Waals surface area contributed by atoms with Crippen LogP contribution in [-0.2, 0) is 11.3 Å². The van der Waals surface area contributed by atoms with Crippen LogP contribution >= 0.6 is 11.8 Å². The van der Waals surface area contributed by atoms with Gasteiger partial charge in [-0.2, -0.15) is 11.8 Å². The minimum Gasteiger partial charge on any atom is -0.379 e. The standard InChI is InChI=1S/C20H32N4OS/c1-3-21-19(22-14-18-6-4-5-17(2)13-18)23-15-20(7-12-26-16-20)24-8-10-25-11-9-24/h4-6,13H,3,7-12,14-16H2,1-2H3,(H2,21,22,23). The molecular weight excluding hydrogens is 344 g/mol. The van der Waals surface area contributed by atoms with Crippen LogP contribution < -0.4 is 10.6 Å². The smallest absolute Gasteiger partial charge is 0.191 e. The largest absolute Gasteiger partial charge is 0.379 e. The van der Waals surface area contributed by atoms with Gasteiger partial charge in [-0.3, -0.25) is 4.90 Å². The molecule has 0 aliphatic carbocycles. The van der Waals surface area contributed by atoms with Crippen molar-refractivity contribution in [3.63, 3.8) is 0 Å². The maximum atomic E-state index is 5.56. The van der Waals surface area contributed by atoms with E-state index in [0.29, 0.717) is 6.54 Å². The number of hydrogen-bond donors (Lipinski definition) is 2. The third kappa shape index (κ3) is 5.15. The molecule has 2 aliphatic rings. The number of nitrogens with one attached hydrogen (secondary N) is 2. The summed E-state index contributed by atoms with van der Waals surface area (Å²) in [6.45, 7) is 10.6. The molecule has 1 unspecified atom stereocenters. The number of thioether (sulfide) groups is 1. The number of aryl methyl sites for hydroxylation is 1. The molecule has 1 atom stereocenters. The fraction of sp³-hybridized carbons (Fsp3) is 0.650. The Hall–Kier alpha value is -1.24. The van der Waals surface area contributed by atoms with Crippen LogP contribution in [0.1, 0.15) is 24.5 Å². The topological polar surface area (TPSA) is 48.9 Å². The molecule has 0 bridgehead atoms. The van der Waals surface area contributed by atoms with E-state index < -0.39 is 0 Å². The Balaban J connectivity index is 1.63. The summed E-state index contributed by atoms with van der Waals surface area (Å²) in [6, 6.07) is 8.57. The first-order valence-corrected chi connectivity index (χ1v) is 10.9. The minimum atomic E-state index is 0.230. The van der Waals surface area contributed by atoms with Crippen molar-refractivity contribution >= 4 is 17.7 Å². The van der Waals surface area contributed by atoms with E-state index in [9.17, 15) is 0 Å². The van der Waals surface area contributed by atoms with Crippen molar-refractivity contribution in [2.75, 3.05) is 50.9 Å². The van der Waals surface area contributed by atoms with Crippen molar-refractivity contribution in [1.82, 2.24) is 15.5 Å². The molecule has 26 heavy (non-hydrogen) atoms. The molecule has 2 N–H and O–H groups in total. The number of morpholine rings is 1. The molecule has 1 aromatic rings. The van der Waals surface area contributed by atoms with E-state index in [2.05, 4.69) is 65.4 Å². The third-order valence-electron chi connectivity index (χ3n) is 5.20. The SMILES string of the molecule is CCNC(=NCc1cccc(C)c1)NCC1(N2CCOCC2)CCSC1. The maximum absolute atomic E-state index is 5.56. The first-order valence-electron chi connectivity index (χ1n) is 9.70. The number of guanidine groups is 1. The summed E-state index contributed by atoms with van der Waals surface area (Å²) in [7, 11) is 0. The quantitative estimate of drug-likeness (QED) is 0.589. The summed E-state index contributed by atoms with van der Waals surface area (Å²) in [5, 5.41) is 7.03. The number of rotatable bonds is 6. The fourth-order valence-corrected chi connectivity index (χ4v) is 5.18. The zero-order valence-electron chi connectivity index (χ0n) is 16.1. The molecule has 3 rings (SSSR count). The summed E-state index contributed by atoms with van der Waals surface area (Å²) in [6.07, 6.45) is 1.24. The van der Waals surface area contributed by atoms with Crippen LogP contribution in [0, 0.1) is 6.92 Å². The first kappa shape index (κ1) is 19.5. The fourth-order valence-electron chi connectivity index (χ4n) is 3.71. The average molecular weight is 377 g/mol. The van der Waals surface area contributed by atoms with Crippen molar-refractivity contribution in [2.24, 2.45) is 4.99 Å². The van der Waals surface area contributed by atoms with Crippen LogP contribution in [0.3, 0.4) is 0 Å². The second-order valence-corrected chi connectivity index (χ2v) is 8.27. The molecule has 0 saturated carbocycles. The normalized spacial score (nSPS) is 24.6. The Kier molecular flexibility index (Phi) is 7.23. The minimum absolute atomic E-state index is 0.230. The Bertz CT molecular complexity index is 595.